The molecule has 0 aromatic heterocycles. The molecule has 0 N–H and O–H groups in total. The number of allylic oxidation sites excluding steroid dienone is 2. The number of likely N-dealkylation sites (tertiary alicyclic amines) is 1. The molecule has 0 bridgehead atoms. The number of para-hydroxylation sites is 1. The highest BCUT2D eigenvalue weighted by atomic mass is 16.5. The van der Waals surface area contributed by atoms with Crippen molar-refractivity contribution in [3.8, 4) is 0 Å². The van der Waals surface area contributed by atoms with Crippen LogP contribution in [-0.4, -0.2) is 47.8 Å². The molecule has 0 radical (unpaired) electrons. The summed E-state index contributed by atoms with van der Waals surface area (Å²) in [5.41, 5.74) is 0.708. The molecule has 0 spiro atoms. The number of benzene rings is 1. The molecule has 1 aromatic carbocycles. The van der Waals surface area contributed by atoms with Gasteiger partial charge in [-0.1, -0.05) is 30.4 Å². The predicted octanol–water partition coefficient (Wildman–Crippen LogP) is 1.92. The Balaban J connectivity index is 1.57. The summed E-state index contributed by atoms with van der Waals surface area (Å²) in [6.45, 7) is 2.83. The van der Waals surface area contributed by atoms with Crippen molar-refractivity contribution < 1.29 is 23.9 Å². The van der Waals surface area contributed by atoms with E-state index < -0.39 is 19.1 Å². The first kappa shape index (κ1) is 19.8. The maximum atomic E-state index is 12.6. The third kappa shape index (κ3) is 3.98. The molecular formula is C21H24N2O5. The number of hydrogen-bond acceptors (Lipinski definition) is 5. The fourth-order valence-corrected chi connectivity index (χ4v) is 3.73. The van der Waals surface area contributed by atoms with E-state index in [9.17, 15) is 19.2 Å². The highest BCUT2D eigenvalue weighted by Crippen LogP contribution is 2.34. The van der Waals surface area contributed by atoms with Gasteiger partial charge in [-0.15, -0.1) is 0 Å². The molecule has 148 valence electrons. The number of ether oxygens (including phenoxy) is 1. The topological polar surface area (TPSA) is 84.0 Å². The molecule has 2 aliphatic rings. The number of anilines is 1. The molecule has 7 nitrogen and oxygen atoms in total. The van der Waals surface area contributed by atoms with Crippen molar-refractivity contribution in [2.75, 3.05) is 18.1 Å². The first-order chi connectivity index (χ1) is 13.4. The molecule has 1 aliphatic carbocycles. The highest BCUT2D eigenvalue weighted by Gasteiger charge is 2.47. The van der Waals surface area contributed by atoms with Gasteiger partial charge in [0.25, 0.3) is 5.91 Å². The lowest BCUT2D eigenvalue weighted by Gasteiger charge is -2.26. The number of fused-ring (bicyclic) bond motifs is 1. The van der Waals surface area contributed by atoms with E-state index in [1.165, 1.54) is 0 Å². The number of rotatable bonds is 6. The number of imide groups is 1. The fraction of sp³-hybridized carbons (Fsp3) is 0.429. The molecule has 1 aliphatic heterocycles. The predicted molar refractivity (Wildman–Crippen MR) is 102 cm³/mol. The van der Waals surface area contributed by atoms with Gasteiger partial charge in [-0.05, 0) is 38.8 Å². The maximum absolute atomic E-state index is 12.6. The molecular weight excluding hydrogens is 360 g/mol. The molecule has 0 saturated carbocycles. The third-order valence-corrected chi connectivity index (χ3v) is 5.06. The first-order valence-corrected chi connectivity index (χ1v) is 9.43. The molecule has 3 amide bonds. The molecule has 7 heteroatoms. The summed E-state index contributed by atoms with van der Waals surface area (Å²) in [5, 5.41) is 0. The molecule has 1 fully saturated rings. The van der Waals surface area contributed by atoms with Gasteiger partial charge in [0.05, 0.1) is 11.8 Å². The Morgan fingerprint density at radius 2 is 1.64 bits per heavy atom. The zero-order chi connectivity index (χ0) is 20.3. The highest BCUT2D eigenvalue weighted by molar-refractivity contribution is 6.07. The van der Waals surface area contributed by atoms with E-state index in [0.29, 0.717) is 18.5 Å². The zero-order valence-corrected chi connectivity index (χ0v) is 16.0. The van der Waals surface area contributed by atoms with Crippen LogP contribution in [0.3, 0.4) is 0 Å². The number of nitrogens with zero attached hydrogens (tertiary/aromatic N) is 2. The van der Waals surface area contributed by atoms with Crippen molar-refractivity contribution in [1.29, 1.82) is 0 Å². The molecule has 2 unspecified atom stereocenters. The normalized spacial score (nSPS) is 21.0. The summed E-state index contributed by atoms with van der Waals surface area (Å²) in [6, 6.07) is 8.98. The van der Waals surface area contributed by atoms with Crippen LogP contribution >= 0.6 is 0 Å². The minimum atomic E-state index is -0.765. The summed E-state index contributed by atoms with van der Waals surface area (Å²) < 4.78 is 5.08. The third-order valence-electron chi connectivity index (χ3n) is 5.06. The molecule has 3 rings (SSSR count). The number of hydrogen-bond donors (Lipinski definition) is 0. The van der Waals surface area contributed by atoms with Gasteiger partial charge in [-0.3, -0.25) is 24.1 Å². The Kier molecular flexibility index (Phi) is 5.92. The van der Waals surface area contributed by atoms with Crippen LogP contribution in [0.15, 0.2) is 42.5 Å². The zero-order valence-electron chi connectivity index (χ0n) is 16.0. The summed E-state index contributed by atoms with van der Waals surface area (Å²) in [4.78, 5) is 52.0. The van der Waals surface area contributed by atoms with Gasteiger partial charge < -0.3 is 9.64 Å². The SMILES string of the molecule is CC(C)N(C(=O)COC(=O)CN1C(=O)C2CC=CCC2C1=O)c1ccccc1. The van der Waals surface area contributed by atoms with Crippen LogP contribution in [0, 0.1) is 11.8 Å². The van der Waals surface area contributed by atoms with Gasteiger partial charge in [0.1, 0.15) is 6.54 Å². The van der Waals surface area contributed by atoms with Crippen molar-refractivity contribution in [3.05, 3.63) is 42.5 Å². The second-order valence-electron chi connectivity index (χ2n) is 7.27. The number of esters is 1. The second kappa shape index (κ2) is 8.37. The largest absolute Gasteiger partial charge is 0.454 e. The molecule has 2 atom stereocenters. The average molecular weight is 384 g/mol. The number of carbonyl (C=O) groups excluding carboxylic acids is 4. The van der Waals surface area contributed by atoms with Crippen molar-refractivity contribution in [2.24, 2.45) is 11.8 Å². The first-order valence-electron chi connectivity index (χ1n) is 9.43. The summed E-state index contributed by atoms with van der Waals surface area (Å²) in [5.74, 6) is -2.58. The molecule has 28 heavy (non-hydrogen) atoms. The lowest BCUT2D eigenvalue weighted by Crippen LogP contribution is -2.41. The van der Waals surface area contributed by atoms with Crippen LogP contribution in [0.5, 0.6) is 0 Å². The Hall–Kier alpha value is -2.96. The lowest BCUT2D eigenvalue weighted by molar-refractivity contribution is -0.154. The van der Waals surface area contributed by atoms with Crippen molar-refractivity contribution in [2.45, 2.75) is 32.7 Å². The molecule has 1 heterocycles. The van der Waals surface area contributed by atoms with Crippen molar-refractivity contribution in [3.63, 3.8) is 0 Å². The van der Waals surface area contributed by atoms with Crippen LogP contribution in [-0.2, 0) is 23.9 Å². The minimum absolute atomic E-state index is 0.119. The monoisotopic (exact) mass is 384 g/mol. The van der Waals surface area contributed by atoms with Gasteiger partial charge in [-0.2, -0.15) is 0 Å². The summed E-state index contributed by atoms with van der Waals surface area (Å²) in [6.07, 6.45) is 4.80. The van der Waals surface area contributed by atoms with E-state index in [0.717, 1.165) is 4.90 Å². The Morgan fingerprint density at radius 3 is 2.18 bits per heavy atom. The van der Waals surface area contributed by atoms with E-state index >= 15 is 0 Å². The van der Waals surface area contributed by atoms with Gasteiger partial charge in [0, 0.05) is 11.7 Å². The van der Waals surface area contributed by atoms with Crippen LogP contribution in [0.25, 0.3) is 0 Å². The van der Waals surface area contributed by atoms with E-state index in [-0.39, 0.29) is 35.6 Å². The summed E-state index contributed by atoms with van der Waals surface area (Å²) >= 11 is 0. The van der Waals surface area contributed by atoms with E-state index in [2.05, 4.69) is 0 Å². The van der Waals surface area contributed by atoms with Gasteiger partial charge in [-0.25, -0.2) is 0 Å². The lowest BCUT2D eigenvalue weighted by atomic mass is 9.85. The Bertz CT molecular complexity index is 776. The molecule has 1 saturated heterocycles. The quantitative estimate of drug-likeness (QED) is 0.425. The second-order valence-corrected chi connectivity index (χ2v) is 7.27. The van der Waals surface area contributed by atoms with E-state index in [1.54, 1.807) is 17.0 Å². The Labute approximate surface area is 163 Å². The van der Waals surface area contributed by atoms with Crippen LogP contribution in [0.4, 0.5) is 5.69 Å². The summed E-state index contributed by atoms with van der Waals surface area (Å²) in [7, 11) is 0. The van der Waals surface area contributed by atoms with Gasteiger partial charge in [0.2, 0.25) is 11.8 Å². The standard InChI is InChI=1S/C21H24N2O5/c1-14(2)23(15-8-4-3-5-9-15)18(24)13-28-19(25)12-22-20(26)16-10-6-7-11-17(16)21(22)27/h3-9,14,16-17H,10-13H2,1-2H3. The fourth-order valence-electron chi connectivity index (χ4n) is 3.73. The van der Waals surface area contributed by atoms with Crippen LogP contribution < -0.4 is 4.90 Å². The number of carbonyl (C=O) groups is 4. The van der Waals surface area contributed by atoms with Crippen molar-refractivity contribution in [1.82, 2.24) is 4.90 Å². The maximum Gasteiger partial charge on any atom is 0.326 e. The van der Waals surface area contributed by atoms with E-state index in [4.69, 9.17) is 4.74 Å². The Morgan fingerprint density at radius 1 is 1.07 bits per heavy atom. The van der Waals surface area contributed by atoms with Crippen LogP contribution in [0.1, 0.15) is 26.7 Å². The minimum Gasteiger partial charge on any atom is -0.454 e. The average Bonchev–Trinajstić information content (AvgIpc) is 2.92. The van der Waals surface area contributed by atoms with E-state index in [1.807, 2.05) is 44.2 Å². The smallest absolute Gasteiger partial charge is 0.326 e. The van der Waals surface area contributed by atoms with Gasteiger partial charge >= 0.3 is 5.97 Å². The van der Waals surface area contributed by atoms with Crippen molar-refractivity contribution >= 4 is 29.4 Å². The van der Waals surface area contributed by atoms with Gasteiger partial charge in [0.15, 0.2) is 6.61 Å². The number of amides is 3. The molecule has 1 aromatic rings. The van der Waals surface area contributed by atoms with Crippen LogP contribution in [0.2, 0.25) is 0 Å².